The fourth-order valence-corrected chi connectivity index (χ4v) is 4.73. The van der Waals surface area contributed by atoms with Gasteiger partial charge in [-0.25, -0.2) is 4.39 Å². The molecule has 0 N–H and O–H groups in total. The molecule has 0 bridgehead atoms. The standard InChI is InChI=1S/C20H24ClFN/c1-13(2)23(17-11-9-16(21)10-12-17)15(4)14(3)20(23)18-7-5-6-8-19(18)22/h5-15,20H,1-4H3/q+1. The minimum absolute atomic E-state index is 0.103. The van der Waals surface area contributed by atoms with Crippen molar-refractivity contribution in [2.75, 3.05) is 0 Å². The number of likely N-dealkylation sites (tertiary alicyclic amines) is 1. The predicted molar refractivity (Wildman–Crippen MR) is 96.1 cm³/mol. The average molecular weight is 333 g/mol. The van der Waals surface area contributed by atoms with Crippen molar-refractivity contribution in [3.8, 4) is 0 Å². The predicted octanol–water partition coefficient (Wildman–Crippen LogP) is 5.97. The highest BCUT2D eigenvalue weighted by Gasteiger charge is 2.62. The van der Waals surface area contributed by atoms with Crippen molar-refractivity contribution in [2.45, 2.75) is 45.8 Å². The molecule has 0 spiro atoms. The SMILES string of the molecule is CC1C(C)[N+](c2ccc(Cl)cc2)(C(C)C)C1c1ccccc1F. The van der Waals surface area contributed by atoms with Crippen molar-refractivity contribution in [1.82, 2.24) is 4.48 Å². The largest absolute Gasteiger partial charge is 0.280 e. The van der Waals surface area contributed by atoms with Crippen LogP contribution in [0, 0.1) is 11.7 Å². The van der Waals surface area contributed by atoms with Crippen LogP contribution in [-0.4, -0.2) is 12.1 Å². The highest BCUT2D eigenvalue weighted by Crippen LogP contribution is 2.56. The number of halogens is 2. The number of rotatable bonds is 3. The molecule has 3 rings (SSSR count). The summed E-state index contributed by atoms with van der Waals surface area (Å²) in [6, 6.07) is 16.2. The van der Waals surface area contributed by atoms with Crippen molar-refractivity contribution in [3.63, 3.8) is 0 Å². The Kier molecular flexibility index (Phi) is 4.24. The zero-order chi connectivity index (χ0) is 16.8. The second kappa shape index (κ2) is 5.92. The van der Waals surface area contributed by atoms with E-state index >= 15 is 0 Å². The molecule has 0 saturated carbocycles. The molecule has 0 aromatic heterocycles. The molecule has 0 amide bonds. The molecular formula is C20H24ClFN+. The van der Waals surface area contributed by atoms with Gasteiger partial charge in [0, 0.05) is 22.7 Å². The van der Waals surface area contributed by atoms with Gasteiger partial charge in [-0.15, -0.1) is 0 Å². The fraction of sp³-hybridized carbons (Fsp3) is 0.400. The van der Waals surface area contributed by atoms with E-state index in [4.69, 9.17) is 11.6 Å². The van der Waals surface area contributed by atoms with Crippen LogP contribution in [0.25, 0.3) is 0 Å². The van der Waals surface area contributed by atoms with Gasteiger partial charge in [-0.2, -0.15) is 0 Å². The molecular weight excluding hydrogens is 309 g/mol. The van der Waals surface area contributed by atoms with E-state index in [9.17, 15) is 4.39 Å². The van der Waals surface area contributed by atoms with Gasteiger partial charge in [0.2, 0.25) is 0 Å². The monoisotopic (exact) mass is 332 g/mol. The molecule has 1 heterocycles. The summed E-state index contributed by atoms with van der Waals surface area (Å²) >= 11 is 6.08. The van der Waals surface area contributed by atoms with Crippen molar-refractivity contribution >= 4 is 17.3 Å². The van der Waals surface area contributed by atoms with E-state index in [0.717, 1.165) is 15.1 Å². The Morgan fingerprint density at radius 3 is 2.17 bits per heavy atom. The Labute approximate surface area is 143 Å². The lowest BCUT2D eigenvalue weighted by atomic mass is 9.72. The van der Waals surface area contributed by atoms with E-state index < -0.39 is 0 Å². The van der Waals surface area contributed by atoms with Crippen LogP contribution in [-0.2, 0) is 0 Å². The quantitative estimate of drug-likeness (QED) is 0.607. The van der Waals surface area contributed by atoms with Gasteiger partial charge in [-0.05, 0) is 39.0 Å². The lowest BCUT2D eigenvalue weighted by Crippen LogP contribution is -2.74. The van der Waals surface area contributed by atoms with Crippen molar-refractivity contribution < 1.29 is 4.39 Å². The van der Waals surface area contributed by atoms with E-state index in [2.05, 4.69) is 39.8 Å². The third-order valence-electron chi connectivity index (χ3n) is 5.75. The van der Waals surface area contributed by atoms with E-state index in [0.29, 0.717) is 18.0 Å². The van der Waals surface area contributed by atoms with Gasteiger partial charge < -0.3 is 0 Å². The summed E-state index contributed by atoms with van der Waals surface area (Å²) in [5.74, 6) is 0.318. The zero-order valence-corrected chi connectivity index (χ0v) is 14.9. The smallest absolute Gasteiger partial charge is 0.133 e. The summed E-state index contributed by atoms with van der Waals surface area (Å²) in [4.78, 5) is 0. The molecule has 4 atom stereocenters. The summed E-state index contributed by atoms with van der Waals surface area (Å²) in [6.07, 6.45) is 0. The van der Waals surface area contributed by atoms with Gasteiger partial charge in [0.25, 0.3) is 0 Å². The molecule has 2 aromatic rings. The molecule has 4 unspecified atom stereocenters. The zero-order valence-electron chi connectivity index (χ0n) is 14.1. The first-order valence-corrected chi connectivity index (χ1v) is 8.67. The Balaban J connectivity index is 2.17. The van der Waals surface area contributed by atoms with Gasteiger partial charge in [-0.3, -0.25) is 4.48 Å². The Hall–Kier alpha value is -1.38. The fourth-order valence-electron chi connectivity index (χ4n) is 4.61. The molecule has 1 fully saturated rings. The molecule has 1 aliphatic rings. The van der Waals surface area contributed by atoms with Gasteiger partial charge in [0.1, 0.15) is 23.6 Å². The minimum Gasteiger partial charge on any atom is -0.280 e. The minimum atomic E-state index is -0.103. The normalized spacial score (nSPS) is 30.3. The molecule has 2 aromatic carbocycles. The summed E-state index contributed by atoms with van der Waals surface area (Å²) in [5, 5.41) is 0.735. The maximum Gasteiger partial charge on any atom is 0.133 e. The highest BCUT2D eigenvalue weighted by molar-refractivity contribution is 6.30. The van der Waals surface area contributed by atoms with Crippen LogP contribution in [0.15, 0.2) is 48.5 Å². The second-order valence-corrected chi connectivity index (χ2v) is 7.41. The molecule has 0 aliphatic carbocycles. The summed E-state index contributed by atoms with van der Waals surface area (Å²) in [7, 11) is 0. The van der Waals surface area contributed by atoms with E-state index in [1.54, 1.807) is 12.1 Å². The van der Waals surface area contributed by atoms with E-state index in [-0.39, 0.29) is 11.9 Å². The number of hydrogen-bond acceptors (Lipinski definition) is 0. The Morgan fingerprint density at radius 1 is 1.00 bits per heavy atom. The van der Waals surface area contributed by atoms with Crippen LogP contribution in [0.1, 0.15) is 39.3 Å². The maximum absolute atomic E-state index is 14.5. The molecule has 0 radical (unpaired) electrons. The van der Waals surface area contributed by atoms with E-state index in [1.807, 2.05) is 24.3 Å². The first kappa shape index (κ1) is 16.5. The first-order chi connectivity index (χ1) is 10.9. The number of quaternary nitrogens is 1. The van der Waals surface area contributed by atoms with Crippen molar-refractivity contribution in [1.29, 1.82) is 0 Å². The molecule has 3 heteroatoms. The topological polar surface area (TPSA) is 0 Å². The first-order valence-electron chi connectivity index (χ1n) is 8.29. The molecule has 23 heavy (non-hydrogen) atoms. The van der Waals surface area contributed by atoms with Crippen molar-refractivity contribution in [2.24, 2.45) is 5.92 Å². The molecule has 1 nitrogen and oxygen atoms in total. The number of benzene rings is 2. The summed E-state index contributed by atoms with van der Waals surface area (Å²) < 4.78 is 15.3. The molecule has 122 valence electrons. The van der Waals surface area contributed by atoms with Gasteiger partial charge in [0.15, 0.2) is 0 Å². The molecule has 1 aliphatic heterocycles. The Bertz CT molecular complexity index is 697. The van der Waals surface area contributed by atoms with Gasteiger partial charge in [-0.1, -0.05) is 36.7 Å². The summed E-state index contributed by atoms with van der Waals surface area (Å²) in [5.41, 5.74) is 2.03. The third-order valence-corrected chi connectivity index (χ3v) is 6.00. The van der Waals surface area contributed by atoms with Gasteiger partial charge in [0.05, 0.1) is 12.0 Å². The summed E-state index contributed by atoms with van der Waals surface area (Å²) in [6.45, 7) is 8.96. The lowest BCUT2D eigenvalue weighted by Gasteiger charge is -2.63. The molecule has 1 saturated heterocycles. The van der Waals surface area contributed by atoms with Crippen LogP contribution in [0.5, 0.6) is 0 Å². The van der Waals surface area contributed by atoms with Crippen LogP contribution in [0.4, 0.5) is 10.1 Å². The number of nitrogens with zero attached hydrogens (tertiary/aromatic N) is 1. The lowest BCUT2D eigenvalue weighted by molar-refractivity contribution is -0.0569. The van der Waals surface area contributed by atoms with Crippen LogP contribution in [0.3, 0.4) is 0 Å². The van der Waals surface area contributed by atoms with Crippen molar-refractivity contribution in [3.05, 3.63) is 64.9 Å². The average Bonchev–Trinajstić information content (AvgIpc) is 2.53. The third kappa shape index (κ3) is 2.31. The Morgan fingerprint density at radius 2 is 1.61 bits per heavy atom. The van der Waals surface area contributed by atoms with Gasteiger partial charge >= 0.3 is 0 Å². The number of hydrogen-bond donors (Lipinski definition) is 0. The van der Waals surface area contributed by atoms with Crippen LogP contribution in [0.2, 0.25) is 5.02 Å². The maximum atomic E-state index is 14.5. The second-order valence-electron chi connectivity index (χ2n) is 6.97. The van der Waals surface area contributed by atoms with Crippen LogP contribution >= 0.6 is 11.6 Å². The van der Waals surface area contributed by atoms with Crippen LogP contribution < -0.4 is 4.48 Å². The highest BCUT2D eigenvalue weighted by atomic mass is 35.5. The van der Waals surface area contributed by atoms with E-state index in [1.165, 1.54) is 5.69 Å².